The second kappa shape index (κ2) is 4.94. The van der Waals surface area contributed by atoms with Gasteiger partial charge in [-0.05, 0) is 48.6 Å². The van der Waals surface area contributed by atoms with Crippen molar-refractivity contribution in [3.8, 4) is 5.75 Å². The predicted molar refractivity (Wildman–Crippen MR) is 62.4 cm³/mol. The fourth-order valence-electron chi connectivity index (χ4n) is 1.50. The lowest BCUT2D eigenvalue weighted by molar-refractivity contribution is 0.192. The molecule has 0 saturated carbocycles. The van der Waals surface area contributed by atoms with E-state index in [0.717, 1.165) is 23.6 Å². The van der Waals surface area contributed by atoms with Crippen molar-refractivity contribution in [3.63, 3.8) is 0 Å². The van der Waals surface area contributed by atoms with Crippen molar-refractivity contribution in [2.45, 2.75) is 18.9 Å². The first kappa shape index (κ1) is 10.2. The molecule has 1 aromatic carbocycles. The lowest BCUT2D eigenvalue weighted by Crippen LogP contribution is -2.21. The molecule has 3 heteroatoms. The van der Waals surface area contributed by atoms with Crippen LogP contribution in [0.4, 0.5) is 0 Å². The summed E-state index contributed by atoms with van der Waals surface area (Å²) in [7, 11) is 0. The van der Waals surface area contributed by atoms with E-state index in [1.807, 2.05) is 36.0 Å². The van der Waals surface area contributed by atoms with E-state index in [2.05, 4.69) is 0 Å². The molecule has 76 valence electrons. The van der Waals surface area contributed by atoms with Crippen LogP contribution in [-0.2, 0) is 0 Å². The first-order chi connectivity index (χ1) is 6.84. The monoisotopic (exact) mass is 228 g/mol. The summed E-state index contributed by atoms with van der Waals surface area (Å²) in [5.74, 6) is 3.38. The van der Waals surface area contributed by atoms with E-state index >= 15 is 0 Å². The van der Waals surface area contributed by atoms with Crippen molar-refractivity contribution in [1.29, 1.82) is 0 Å². The van der Waals surface area contributed by atoms with Crippen molar-refractivity contribution in [2.75, 3.05) is 11.5 Å². The molecule has 0 bridgehead atoms. The van der Waals surface area contributed by atoms with Crippen molar-refractivity contribution >= 4 is 23.4 Å². The zero-order chi connectivity index (χ0) is 9.80. The lowest BCUT2D eigenvalue weighted by Gasteiger charge is -2.22. The zero-order valence-electron chi connectivity index (χ0n) is 7.91. The molecule has 0 amide bonds. The molecule has 0 aromatic heterocycles. The summed E-state index contributed by atoms with van der Waals surface area (Å²) >= 11 is 7.81. The number of ether oxygens (including phenoxy) is 1. The van der Waals surface area contributed by atoms with Crippen LogP contribution >= 0.6 is 23.4 Å². The number of thioether (sulfide) groups is 1. The van der Waals surface area contributed by atoms with Crippen LogP contribution in [0.1, 0.15) is 12.8 Å². The molecule has 1 aromatic rings. The molecule has 0 aliphatic carbocycles. The fourth-order valence-corrected chi connectivity index (χ4v) is 2.69. The van der Waals surface area contributed by atoms with Gasteiger partial charge in [-0.1, -0.05) is 11.6 Å². The molecule has 1 aliphatic rings. The molecule has 1 heterocycles. The Morgan fingerprint density at radius 3 is 2.43 bits per heavy atom. The van der Waals surface area contributed by atoms with Crippen LogP contribution in [0.15, 0.2) is 24.3 Å². The minimum atomic E-state index is 0.400. The molecule has 0 N–H and O–H groups in total. The van der Waals surface area contributed by atoms with Crippen LogP contribution in [0.25, 0.3) is 0 Å². The molecule has 0 atom stereocenters. The largest absolute Gasteiger partial charge is 0.490 e. The molecule has 0 spiro atoms. The summed E-state index contributed by atoms with van der Waals surface area (Å²) < 4.78 is 5.84. The quantitative estimate of drug-likeness (QED) is 0.765. The summed E-state index contributed by atoms with van der Waals surface area (Å²) in [5.41, 5.74) is 0. The molecule has 1 fully saturated rings. The highest BCUT2D eigenvalue weighted by Crippen LogP contribution is 2.23. The molecule has 14 heavy (non-hydrogen) atoms. The number of hydrogen-bond donors (Lipinski definition) is 0. The van der Waals surface area contributed by atoms with Gasteiger partial charge in [0.15, 0.2) is 0 Å². The highest BCUT2D eigenvalue weighted by Gasteiger charge is 2.14. The topological polar surface area (TPSA) is 9.23 Å². The Kier molecular flexibility index (Phi) is 3.60. The van der Waals surface area contributed by atoms with E-state index in [1.54, 1.807) is 0 Å². The van der Waals surface area contributed by atoms with Crippen LogP contribution < -0.4 is 4.74 Å². The Balaban J connectivity index is 1.92. The number of hydrogen-bond acceptors (Lipinski definition) is 2. The van der Waals surface area contributed by atoms with E-state index < -0.39 is 0 Å². The summed E-state index contributed by atoms with van der Waals surface area (Å²) in [6.07, 6.45) is 2.72. The van der Waals surface area contributed by atoms with Crippen molar-refractivity contribution in [1.82, 2.24) is 0 Å². The average molecular weight is 229 g/mol. The Morgan fingerprint density at radius 1 is 1.14 bits per heavy atom. The third kappa shape index (κ3) is 2.82. The molecule has 1 aliphatic heterocycles. The Bertz CT molecular complexity index is 280. The van der Waals surface area contributed by atoms with E-state index in [-0.39, 0.29) is 0 Å². The normalized spacial score (nSPS) is 18.1. The van der Waals surface area contributed by atoms with Crippen molar-refractivity contribution in [2.24, 2.45) is 0 Å². The average Bonchev–Trinajstić information content (AvgIpc) is 2.23. The Labute approximate surface area is 93.8 Å². The van der Waals surface area contributed by atoms with Gasteiger partial charge in [-0.3, -0.25) is 0 Å². The highest BCUT2D eigenvalue weighted by molar-refractivity contribution is 7.99. The summed E-state index contributed by atoms with van der Waals surface area (Å²) in [6.45, 7) is 0. The molecule has 0 unspecified atom stereocenters. The molecule has 1 saturated heterocycles. The van der Waals surface area contributed by atoms with Crippen molar-refractivity contribution < 1.29 is 4.74 Å². The van der Waals surface area contributed by atoms with Crippen molar-refractivity contribution in [3.05, 3.63) is 29.3 Å². The Hall–Kier alpha value is -0.340. The molecule has 0 radical (unpaired) electrons. The SMILES string of the molecule is Clc1ccc(OC2CCSCC2)cc1. The van der Waals surface area contributed by atoms with Gasteiger partial charge >= 0.3 is 0 Å². The summed E-state index contributed by atoms with van der Waals surface area (Å²) in [5, 5.41) is 0.761. The maximum atomic E-state index is 5.84. The van der Waals surface area contributed by atoms with Crippen LogP contribution in [0.2, 0.25) is 5.02 Å². The third-order valence-electron chi connectivity index (χ3n) is 2.28. The van der Waals surface area contributed by atoms with Crippen LogP contribution in [-0.4, -0.2) is 17.6 Å². The smallest absolute Gasteiger partial charge is 0.119 e. The van der Waals surface area contributed by atoms with Gasteiger partial charge in [0.1, 0.15) is 11.9 Å². The van der Waals surface area contributed by atoms with E-state index in [0.29, 0.717) is 6.10 Å². The molecular weight excluding hydrogens is 216 g/mol. The second-order valence-corrected chi connectivity index (χ2v) is 5.04. The number of rotatable bonds is 2. The summed E-state index contributed by atoms with van der Waals surface area (Å²) in [4.78, 5) is 0. The van der Waals surface area contributed by atoms with Crippen LogP contribution in [0, 0.1) is 0 Å². The number of halogens is 1. The first-order valence-corrected chi connectivity index (χ1v) is 6.38. The zero-order valence-corrected chi connectivity index (χ0v) is 9.48. The lowest BCUT2D eigenvalue weighted by atomic mass is 10.2. The van der Waals surface area contributed by atoms with Crippen LogP contribution in [0.5, 0.6) is 5.75 Å². The van der Waals surface area contributed by atoms with Gasteiger partial charge in [-0.2, -0.15) is 11.8 Å². The minimum absolute atomic E-state index is 0.400. The van der Waals surface area contributed by atoms with Gasteiger partial charge in [0.25, 0.3) is 0 Å². The van der Waals surface area contributed by atoms with Gasteiger partial charge in [-0.25, -0.2) is 0 Å². The predicted octanol–water partition coefficient (Wildman–Crippen LogP) is 3.61. The summed E-state index contributed by atoms with van der Waals surface area (Å²) in [6, 6.07) is 7.61. The molecular formula is C11H13ClOS. The third-order valence-corrected chi connectivity index (χ3v) is 3.59. The first-order valence-electron chi connectivity index (χ1n) is 4.84. The van der Waals surface area contributed by atoms with E-state index in [1.165, 1.54) is 11.5 Å². The maximum absolute atomic E-state index is 5.84. The maximum Gasteiger partial charge on any atom is 0.119 e. The standard InChI is InChI=1S/C11H13ClOS/c12-9-1-3-10(4-2-9)13-11-5-7-14-8-6-11/h1-4,11H,5-8H2. The van der Waals surface area contributed by atoms with Gasteiger partial charge in [0.2, 0.25) is 0 Å². The van der Waals surface area contributed by atoms with Gasteiger partial charge in [0.05, 0.1) is 0 Å². The fraction of sp³-hybridized carbons (Fsp3) is 0.455. The van der Waals surface area contributed by atoms with E-state index in [9.17, 15) is 0 Å². The van der Waals surface area contributed by atoms with Gasteiger partial charge in [0, 0.05) is 5.02 Å². The number of benzene rings is 1. The van der Waals surface area contributed by atoms with Crippen LogP contribution in [0.3, 0.4) is 0 Å². The molecule has 2 rings (SSSR count). The highest BCUT2D eigenvalue weighted by atomic mass is 35.5. The minimum Gasteiger partial charge on any atom is -0.490 e. The van der Waals surface area contributed by atoms with Gasteiger partial charge < -0.3 is 4.74 Å². The van der Waals surface area contributed by atoms with Gasteiger partial charge in [-0.15, -0.1) is 0 Å². The second-order valence-electron chi connectivity index (χ2n) is 3.38. The van der Waals surface area contributed by atoms with E-state index in [4.69, 9.17) is 16.3 Å². The molecule has 1 nitrogen and oxygen atoms in total. The Morgan fingerprint density at radius 2 is 1.79 bits per heavy atom.